The number of aromatic nitrogens is 1. The van der Waals surface area contributed by atoms with Gasteiger partial charge in [-0.05, 0) is 30.2 Å². The van der Waals surface area contributed by atoms with Gasteiger partial charge in [-0.15, -0.1) is 0 Å². The van der Waals surface area contributed by atoms with Crippen LogP contribution >= 0.6 is 0 Å². The van der Waals surface area contributed by atoms with E-state index in [1.54, 1.807) is 37.3 Å². The van der Waals surface area contributed by atoms with Crippen molar-refractivity contribution in [1.82, 2.24) is 4.98 Å². The van der Waals surface area contributed by atoms with E-state index in [0.29, 0.717) is 12.9 Å². The molecule has 0 fully saturated rings. The fraction of sp³-hybridized carbons (Fsp3) is 0.250. The van der Waals surface area contributed by atoms with Crippen molar-refractivity contribution in [2.75, 3.05) is 11.9 Å². The summed E-state index contributed by atoms with van der Waals surface area (Å²) in [5, 5.41) is 2.67. The molecule has 0 bridgehead atoms. The van der Waals surface area contributed by atoms with Gasteiger partial charge in [0.05, 0.1) is 6.61 Å². The number of carbonyl (C=O) groups excluding carboxylic acids is 1. The summed E-state index contributed by atoms with van der Waals surface area (Å²) in [6, 6.07) is 6.89. The average molecular weight is 340 g/mol. The van der Waals surface area contributed by atoms with E-state index in [-0.39, 0.29) is 12.6 Å². The molecular weight excluding hydrogens is 325 g/mol. The van der Waals surface area contributed by atoms with Crippen molar-refractivity contribution in [3.8, 4) is 0 Å². The summed E-state index contributed by atoms with van der Waals surface area (Å²) in [4.78, 5) is 14.6. The third kappa shape index (κ3) is 5.15. The van der Waals surface area contributed by atoms with Gasteiger partial charge < -0.3 is 14.5 Å². The Hall–Kier alpha value is -2.77. The summed E-state index contributed by atoms with van der Waals surface area (Å²) in [6.45, 7) is 2.23. The number of nitrogens with one attached hydrogen (secondary N) is 1. The average Bonchev–Trinajstić information content (AvgIpc) is 3.01. The molecule has 0 aliphatic carbocycles. The Bertz CT molecular complexity index is 723. The maximum absolute atomic E-state index is 12.4. The SMILES string of the molecule is CCOC(=O)/C=C/c1cccc(CNc2nc(C(F)(F)F)co2)c1. The number of hydrogen-bond donors (Lipinski definition) is 1. The second-order valence-electron chi connectivity index (χ2n) is 4.72. The van der Waals surface area contributed by atoms with Crippen LogP contribution in [0, 0.1) is 0 Å². The first kappa shape index (κ1) is 17.6. The summed E-state index contributed by atoms with van der Waals surface area (Å²) in [5.41, 5.74) is 0.453. The normalized spacial score (nSPS) is 11.7. The van der Waals surface area contributed by atoms with Gasteiger partial charge in [-0.2, -0.15) is 18.2 Å². The number of nitrogens with zero attached hydrogens (tertiary/aromatic N) is 1. The molecule has 2 aromatic rings. The standard InChI is InChI=1S/C16H15F3N2O3/c1-2-23-14(22)7-6-11-4-3-5-12(8-11)9-20-15-21-13(10-24-15)16(17,18)19/h3-8,10H,2,9H2,1H3,(H,20,21)/b7-6+. The number of alkyl halides is 3. The summed E-state index contributed by atoms with van der Waals surface area (Å²) >= 11 is 0. The van der Waals surface area contributed by atoms with Crippen molar-refractivity contribution in [3.05, 3.63) is 53.4 Å². The third-order valence-corrected chi connectivity index (χ3v) is 2.89. The Morgan fingerprint density at radius 1 is 1.42 bits per heavy atom. The number of benzene rings is 1. The zero-order chi connectivity index (χ0) is 17.6. The van der Waals surface area contributed by atoms with E-state index < -0.39 is 17.8 Å². The number of carbonyl (C=O) groups is 1. The molecule has 8 heteroatoms. The van der Waals surface area contributed by atoms with Crippen LogP contribution in [0.1, 0.15) is 23.7 Å². The maximum atomic E-state index is 12.4. The van der Waals surface area contributed by atoms with Crippen molar-refractivity contribution in [2.24, 2.45) is 0 Å². The van der Waals surface area contributed by atoms with Gasteiger partial charge in [-0.3, -0.25) is 0 Å². The highest BCUT2D eigenvalue weighted by atomic mass is 19.4. The van der Waals surface area contributed by atoms with Crippen LogP contribution < -0.4 is 5.32 Å². The van der Waals surface area contributed by atoms with E-state index in [1.807, 2.05) is 0 Å². The van der Waals surface area contributed by atoms with Crippen LogP contribution in [0.3, 0.4) is 0 Å². The summed E-state index contributed by atoms with van der Waals surface area (Å²) in [5.74, 6) is -0.444. The molecule has 0 unspecified atom stereocenters. The lowest BCUT2D eigenvalue weighted by Gasteiger charge is -2.04. The highest BCUT2D eigenvalue weighted by molar-refractivity contribution is 5.87. The molecule has 0 aliphatic heterocycles. The highest BCUT2D eigenvalue weighted by Gasteiger charge is 2.34. The minimum atomic E-state index is -4.54. The number of hydrogen-bond acceptors (Lipinski definition) is 5. The number of rotatable bonds is 6. The third-order valence-electron chi connectivity index (χ3n) is 2.89. The van der Waals surface area contributed by atoms with Crippen LogP contribution in [0.4, 0.5) is 19.2 Å². The molecule has 0 atom stereocenters. The lowest BCUT2D eigenvalue weighted by molar-refractivity contribution is -0.141. The van der Waals surface area contributed by atoms with Crippen molar-refractivity contribution in [3.63, 3.8) is 0 Å². The Kier molecular flexibility index (Phi) is 5.62. The number of esters is 1. The molecule has 128 valence electrons. The van der Waals surface area contributed by atoms with Crippen LogP contribution in [0.25, 0.3) is 6.08 Å². The van der Waals surface area contributed by atoms with Crippen molar-refractivity contribution in [1.29, 1.82) is 0 Å². The molecule has 1 aromatic carbocycles. The van der Waals surface area contributed by atoms with Crippen LogP contribution in [0.5, 0.6) is 0 Å². The summed E-state index contributed by atoms with van der Waals surface area (Å²) < 4.78 is 46.8. The van der Waals surface area contributed by atoms with Crippen LogP contribution in [-0.2, 0) is 22.3 Å². The van der Waals surface area contributed by atoms with Crippen LogP contribution in [-0.4, -0.2) is 17.6 Å². The zero-order valence-corrected chi connectivity index (χ0v) is 12.8. The molecule has 0 radical (unpaired) electrons. The molecule has 2 rings (SSSR count). The lowest BCUT2D eigenvalue weighted by atomic mass is 10.1. The molecular formula is C16H15F3N2O3. The molecule has 0 saturated carbocycles. The molecule has 0 saturated heterocycles. The lowest BCUT2D eigenvalue weighted by Crippen LogP contribution is -2.06. The number of ether oxygens (including phenoxy) is 1. The molecule has 1 N–H and O–H groups in total. The molecule has 5 nitrogen and oxygen atoms in total. The zero-order valence-electron chi connectivity index (χ0n) is 12.8. The molecule has 1 heterocycles. The Balaban J connectivity index is 1.97. The number of oxazole rings is 1. The van der Waals surface area contributed by atoms with E-state index in [9.17, 15) is 18.0 Å². The van der Waals surface area contributed by atoms with Gasteiger partial charge >= 0.3 is 12.1 Å². The van der Waals surface area contributed by atoms with Gasteiger partial charge in [0.2, 0.25) is 0 Å². The van der Waals surface area contributed by atoms with Crippen molar-refractivity contribution < 1.29 is 27.1 Å². The minimum Gasteiger partial charge on any atom is -0.463 e. The van der Waals surface area contributed by atoms with E-state index in [0.717, 1.165) is 11.1 Å². The van der Waals surface area contributed by atoms with Gasteiger partial charge in [0.1, 0.15) is 6.26 Å². The van der Waals surface area contributed by atoms with Gasteiger partial charge in [-0.25, -0.2) is 4.79 Å². The second kappa shape index (κ2) is 7.67. The molecule has 1 aromatic heterocycles. The van der Waals surface area contributed by atoms with Gasteiger partial charge in [0.15, 0.2) is 5.69 Å². The van der Waals surface area contributed by atoms with Crippen molar-refractivity contribution in [2.45, 2.75) is 19.6 Å². The predicted molar refractivity (Wildman–Crippen MR) is 80.9 cm³/mol. The second-order valence-corrected chi connectivity index (χ2v) is 4.72. The smallest absolute Gasteiger partial charge is 0.436 e. The van der Waals surface area contributed by atoms with E-state index in [4.69, 9.17) is 9.15 Å². The largest absolute Gasteiger partial charge is 0.463 e. The number of halogens is 3. The molecule has 0 amide bonds. The first-order chi connectivity index (χ1) is 11.4. The fourth-order valence-corrected chi connectivity index (χ4v) is 1.82. The fourth-order valence-electron chi connectivity index (χ4n) is 1.82. The van der Waals surface area contributed by atoms with Crippen LogP contribution in [0.15, 0.2) is 41.0 Å². The van der Waals surface area contributed by atoms with E-state index >= 15 is 0 Å². The molecule has 24 heavy (non-hydrogen) atoms. The van der Waals surface area contributed by atoms with E-state index in [1.165, 1.54) is 6.08 Å². The predicted octanol–water partition coefficient (Wildman–Crippen LogP) is 3.88. The van der Waals surface area contributed by atoms with Gasteiger partial charge in [0, 0.05) is 12.6 Å². The first-order valence-corrected chi connectivity index (χ1v) is 7.09. The Morgan fingerprint density at radius 3 is 2.88 bits per heavy atom. The first-order valence-electron chi connectivity index (χ1n) is 7.09. The highest BCUT2D eigenvalue weighted by Crippen LogP contribution is 2.29. The van der Waals surface area contributed by atoms with Gasteiger partial charge in [-0.1, -0.05) is 18.2 Å². The van der Waals surface area contributed by atoms with Crippen molar-refractivity contribution >= 4 is 18.1 Å². The molecule has 0 aliphatic rings. The van der Waals surface area contributed by atoms with Crippen LogP contribution in [0.2, 0.25) is 0 Å². The minimum absolute atomic E-state index is 0.213. The molecule has 0 spiro atoms. The summed E-state index contributed by atoms with van der Waals surface area (Å²) in [7, 11) is 0. The summed E-state index contributed by atoms with van der Waals surface area (Å²) in [6.07, 6.45) is -1.09. The Labute approximate surface area is 136 Å². The maximum Gasteiger partial charge on any atom is 0.436 e. The Morgan fingerprint density at radius 2 is 2.21 bits per heavy atom. The number of anilines is 1. The van der Waals surface area contributed by atoms with E-state index in [2.05, 4.69) is 10.3 Å². The van der Waals surface area contributed by atoms with Gasteiger partial charge in [0.25, 0.3) is 6.01 Å². The quantitative estimate of drug-likeness (QED) is 0.639. The monoisotopic (exact) mass is 340 g/mol. The topological polar surface area (TPSA) is 64.4 Å².